The van der Waals surface area contributed by atoms with Gasteiger partial charge in [0.15, 0.2) is 17.5 Å². The molecule has 0 unspecified atom stereocenters. The summed E-state index contributed by atoms with van der Waals surface area (Å²) in [5, 5.41) is 9.21. The van der Waals surface area contributed by atoms with E-state index in [4.69, 9.17) is 11.6 Å². The van der Waals surface area contributed by atoms with Crippen LogP contribution in [0.2, 0.25) is 4.34 Å². The zero-order chi connectivity index (χ0) is 15.0. The van der Waals surface area contributed by atoms with Gasteiger partial charge in [0.05, 0.1) is 9.77 Å². The molecule has 0 atom stereocenters. The van der Waals surface area contributed by atoms with Crippen LogP contribution in [0.1, 0.15) is 11.1 Å². The van der Waals surface area contributed by atoms with Gasteiger partial charge in [0.2, 0.25) is 0 Å². The quantitative estimate of drug-likeness (QED) is 0.543. The van der Waals surface area contributed by atoms with Crippen molar-refractivity contribution in [1.29, 1.82) is 5.26 Å². The number of rotatable bonds is 2. The van der Waals surface area contributed by atoms with E-state index in [0.29, 0.717) is 4.21 Å². The lowest BCUT2D eigenvalue weighted by Gasteiger charge is -2.08. The van der Waals surface area contributed by atoms with Gasteiger partial charge in [0, 0.05) is 5.56 Å². The van der Waals surface area contributed by atoms with E-state index in [1.165, 1.54) is 18.7 Å². The average Bonchev–Trinajstić information content (AvgIpc) is 2.76. The molecule has 0 saturated carbocycles. The molecule has 20 heavy (non-hydrogen) atoms. The first-order chi connectivity index (χ1) is 9.42. The molecular formula is C13H7ClF3NS2. The Morgan fingerprint density at radius 1 is 1.30 bits per heavy atom. The van der Waals surface area contributed by atoms with E-state index in [9.17, 15) is 18.4 Å². The fourth-order valence-corrected chi connectivity index (χ4v) is 4.04. The summed E-state index contributed by atoms with van der Waals surface area (Å²) in [7, 11) is 0. The minimum absolute atomic E-state index is 0.0762. The number of thioether (sulfide) groups is 1. The first-order valence-corrected chi connectivity index (χ1v) is 7.75. The van der Waals surface area contributed by atoms with Gasteiger partial charge >= 0.3 is 0 Å². The number of halogens is 4. The summed E-state index contributed by atoms with van der Waals surface area (Å²) in [5.74, 6) is -4.10. The summed E-state index contributed by atoms with van der Waals surface area (Å²) in [4.78, 5) is 0. The Hall–Kier alpha value is -1.16. The number of benzene rings is 1. The van der Waals surface area contributed by atoms with Crippen LogP contribution in [0.3, 0.4) is 0 Å². The van der Waals surface area contributed by atoms with Crippen LogP contribution in [0.25, 0.3) is 11.1 Å². The zero-order valence-electron chi connectivity index (χ0n) is 10.4. The molecule has 0 radical (unpaired) electrons. The third-order valence-electron chi connectivity index (χ3n) is 2.81. The Balaban J connectivity index is 2.83. The van der Waals surface area contributed by atoms with Gasteiger partial charge in [0.1, 0.15) is 10.4 Å². The molecule has 1 aromatic heterocycles. The predicted octanol–water partition coefficient (Wildman–Crippen LogP) is 5.39. The van der Waals surface area contributed by atoms with Gasteiger partial charge in [-0.05, 0) is 30.4 Å². The minimum atomic E-state index is -1.53. The van der Waals surface area contributed by atoms with E-state index in [0.717, 1.165) is 17.4 Å². The van der Waals surface area contributed by atoms with Gasteiger partial charge in [-0.2, -0.15) is 5.26 Å². The lowest BCUT2D eigenvalue weighted by atomic mass is 9.99. The molecule has 1 heterocycles. The van der Waals surface area contributed by atoms with Crippen LogP contribution in [0.5, 0.6) is 0 Å². The Morgan fingerprint density at radius 3 is 2.50 bits per heavy atom. The van der Waals surface area contributed by atoms with Crippen LogP contribution < -0.4 is 0 Å². The second kappa shape index (κ2) is 5.68. The standard InChI is InChI=1S/C13H7ClF3NS2/c1-5-6(3-8(15)11(17)10(5)16)9-7(4-18)13(19-2)20-12(9)14/h3H,1-2H3. The third-order valence-corrected chi connectivity index (χ3v) is 5.32. The SMILES string of the molecule is CSc1sc(Cl)c(-c2cc(F)c(F)c(F)c2C)c1C#N. The van der Waals surface area contributed by atoms with Crippen molar-refractivity contribution in [2.45, 2.75) is 11.1 Å². The number of hydrogen-bond donors (Lipinski definition) is 0. The van der Waals surface area contributed by atoms with Crippen molar-refractivity contribution in [1.82, 2.24) is 0 Å². The summed E-state index contributed by atoms with van der Waals surface area (Å²) >= 11 is 8.54. The highest BCUT2D eigenvalue weighted by Crippen LogP contribution is 2.45. The highest BCUT2D eigenvalue weighted by molar-refractivity contribution is 8.00. The molecule has 2 rings (SSSR count). The van der Waals surface area contributed by atoms with Crippen molar-refractivity contribution in [2.75, 3.05) is 6.26 Å². The van der Waals surface area contributed by atoms with E-state index in [-0.39, 0.29) is 26.6 Å². The van der Waals surface area contributed by atoms with Gasteiger partial charge in [-0.25, -0.2) is 13.2 Å². The first-order valence-electron chi connectivity index (χ1n) is 5.33. The molecule has 0 aliphatic heterocycles. The second-order valence-corrected chi connectivity index (χ2v) is 6.59. The minimum Gasteiger partial charge on any atom is -0.204 e. The van der Waals surface area contributed by atoms with E-state index in [2.05, 4.69) is 0 Å². The van der Waals surface area contributed by atoms with Gasteiger partial charge in [-0.3, -0.25) is 0 Å². The second-order valence-electron chi connectivity index (χ2n) is 3.89. The van der Waals surface area contributed by atoms with E-state index in [1.807, 2.05) is 6.07 Å². The van der Waals surface area contributed by atoms with Gasteiger partial charge in [-0.15, -0.1) is 23.1 Å². The van der Waals surface area contributed by atoms with Crippen LogP contribution in [0, 0.1) is 35.7 Å². The Bertz CT molecular complexity index is 734. The van der Waals surface area contributed by atoms with E-state index in [1.54, 1.807) is 6.26 Å². The van der Waals surface area contributed by atoms with E-state index >= 15 is 0 Å². The van der Waals surface area contributed by atoms with Crippen LogP contribution in [-0.4, -0.2) is 6.26 Å². The molecule has 0 fully saturated rings. The van der Waals surface area contributed by atoms with Gasteiger partial charge in [-0.1, -0.05) is 11.6 Å². The van der Waals surface area contributed by atoms with E-state index < -0.39 is 17.5 Å². The van der Waals surface area contributed by atoms with Crippen LogP contribution in [0.15, 0.2) is 10.3 Å². The van der Waals surface area contributed by atoms with Crippen molar-refractivity contribution in [3.05, 3.63) is 39.0 Å². The van der Waals surface area contributed by atoms with Crippen molar-refractivity contribution >= 4 is 34.7 Å². The largest absolute Gasteiger partial charge is 0.204 e. The molecular weight excluding hydrogens is 327 g/mol. The Labute approximate surface area is 127 Å². The highest BCUT2D eigenvalue weighted by Gasteiger charge is 2.23. The molecule has 0 N–H and O–H groups in total. The van der Waals surface area contributed by atoms with Crippen molar-refractivity contribution in [3.8, 4) is 17.2 Å². The Morgan fingerprint density at radius 2 is 1.95 bits per heavy atom. The first kappa shape index (κ1) is 15.2. The fourth-order valence-electron chi connectivity index (χ4n) is 1.82. The van der Waals surface area contributed by atoms with Crippen molar-refractivity contribution < 1.29 is 13.2 Å². The van der Waals surface area contributed by atoms with Crippen LogP contribution in [-0.2, 0) is 0 Å². The summed E-state index contributed by atoms with van der Waals surface area (Å²) in [6.45, 7) is 1.32. The summed E-state index contributed by atoms with van der Waals surface area (Å²) < 4.78 is 41.2. The molecule has 2 aromatic rings. The predicted molar refractivity (Wildman–Crippen MR) is 75.9 cm³/mol. The number of nitriles is 1. The van der Waals surface area contributed by atoms with Crippen molar-refractivity contribution in [2.24, 2.45) is 0 Å². The lowest BCUT2D eigenvalue weighted by molar-refractivity contribution is 0.444. The average molecular weight is 334 g/mol. The van der Waals surface area contributed by atoms with Crippen LogP contribution >= 0.6 is 34.7 Å². The topological polar surface area (TPSA) is 23.8 Å². The summed E-state index contributed by atoms with van der Waals surface area (Å²) in [5.41, 5.74) is 0.520. The molecule has 0 aliphatic rings. The Kier molecular flexibility index (Phi) is 4.33. The highest BCUT2D eigenvalue weighted by atomic mass is 35.5. The van der Waals surface area contributed by atoms with Crippen LogP contribution in [0.4, 0.5) is 13.2 Å². The summed E-state index contributed by atoms with van der Waals surface area (Å²) in [6, 6.07) is 2.85. The van der Waals surface area contributed by atoms with Gasteiger partial charge < -0.3 is 0 Å². The third kappa shape index (κ3) is 2.30. The maximum absolute atomic E-state index is 13.7. The smallest absolute Gasteiger partial charge is 0.194 e. The molecule has 1 nitrogen and oxygen atoms in total. The van der Waals surface area contributed by atoms with Crippen molar-refractivity contribution in [3.63, 3.8) is 0 Å². The molecule has 0 bridgehead atoms. The number of thiophene rings is 1. The monoisotopic (exact) mass is 333 g/mol. The maximum Gasteiger partial charge on any atom is 0.194 e. The molecule has 0 aliphatic carbocycles. The maximum atomic E-state index is 13.7. The number of hydrogen-bond acceptors (Lipinski definition) is 3. The lowest BCUT2D eigenvalue weighted by Crippen LogP contribution is -1.98. The normalized spacial score (nSPS) is 10.7. The molecule has 104 valence electrons. The fraction of sp³-hybridized carbons (Fsp3) is 0.154. The zero-order valence-corrected chi connectivity index (χ0v) is 12.7. The molecule has 1 aromatic carbocycles. The molecule has 0 saturated heterocycles. The molecule has 0 spiro atoms. The number of nitrogens with zero attached hydrogens (tertiary/aromatic N) is 1. The summed E-state index contributed by atoms with van der Waals surface area (Å²) in [6.07, 6.45) is 1.77. The van der Waals surface area contributed by atoms with Gasteiger partial charge in [0.25, 0.3) is 0 Å². The molecule has 0 amide bonds. The molecule has 7 heteroatoms.